The molecule has 0 aliphatic rings. The predicted molar refractivity (Wildman–Crippen MR) is 97.1 cm³/mol. The number of rotatable bonds is 2. The molecule has 0 radical (unpaired) electrons. The summed E-state index contributed by atoms with van der Waals surface area (Å²) in [7, 11) is 1.39. The molecular weight excluding hydrogens is 322 g/mol. The van der Waals surface area contributed by atoms with E-state index in [1.54, 1.807) is 6.07 Å². The van der Waals surface area contributed by atoms with E-state index in [9.17, 15) is 4.79 Å². The first-order chi connectivity index (χ1) is 11.7. The minimum atomic E-state index is -0.372. The quantitative estimate of drug-likeness (QED) is 0.470. The van der Waals surface area contributed by atoms with E-state index in [2.05, 4.69) is 6.07 Å². The Labute approximate surface area is 144 Å². The SMILES string of the molecule is COC(=O)c1ccccc1-n1c2ccccc2c2cccc(Cl)c21. The fourth-order valence-electron chi connectivity index (χ4n) is 3.18. The van der Waals surface area contributed by atoms with Crippen molar-refractivity contribution in [1.29, 1.82) is 0 Å². The first-order valence-corrected chi connectivity index (χ1v) is 7.95. The van der Waals surface area contributed by atoms with Crippen LogP contribution in [-0.4, -0.2) is 17.6 Å². The van der Waals surface area contributed by atoms with Crippen LogP contribution < -0.4 is 0 Å². The highest BCUT2D eigenvalue weighted by molar-refractivity contribution is 6.36. The highest BCUT2D eigenvalue weighted by Crippen LogP contribution is 2.36. The molecule has 0 aliphatic heterocycles. The Morgan fingerprint density at radius 1 is 0.917 bits per heavy atom. The highest BCUT2D eigenvalue weighted by atomic mass is 35.5. The van der Waals surface area contributed by atoms with Gasteiger partial charge in [-0.15, -0.1) is 0 Å². The third-order valence-electron chi connectivity index (χ3n) is 4.20. The van der Waals surface area contributed by atoms with Crippen molar-refractivity contribution in [2.24, 2.45) is 0 Å². The van der Waals surface area contributed by atoms with E-state index < -0.39 is 0 Å². The largest absolute Gasteiger partial charge is 0.465 e. The Morgan fingerprint density at radius 2 is 1.62 bits per heavy atom. The van der Waals surface area contributed by atoms with Gasteiger partial charge in [-0.2, -0.15) is 0 Å². The van der Waals surface area contributed by atoms with Gasteiger partial charge in [0.2, 0.25) is 0 Å². The second kappa shape index (κ2) is 5.69. The molecule has 4 rings (SSSR count). The summed E-state index contributed by atoms with van der Waals surface area (Å²) in [6.07, 6.45) is 0. The fraction of sp³-hybridized carbons (Fsp3) is 0.0500. The van der Waals surface area contributed by atoms with Crippen LogP contribution in [0.2, 0.25) is 5.02 Å². The summed E-state index contributed by atoms with van der Waals surface area (Å²) in [5.74, 6) is -0.372. The van der Waals surface area contributed by atoms with Crippen molar-refractivity contribution in [3.63, 3.8) is 0 Å². The molecule has 4 heteroatoms. The van der Waals surface area contributed by atoms with Gasteiger partial charge in [0, 0.05) is 10.8 Å². The summed E-state index contributed by atoms with van der Waals surface area (Å²) < 4.78 is 6.97. The number of methoxy groups -OCH3 is 1. The van der Waals surface area contributed by atoms with Crippen LogP contribution in [0.15, 0.2) is 66.7 Å². The van der Waals surface area contributed by atoms with Gasteiger partial charge >= 0.3 is 5.97 Å². The summed E-state index contributed by atoms with van der Waals surface area (Å²) in [5, 5.41) is 2.79. The number of carbonyl (C=O) groups excluding carboxylic acids is 1. The zero-order chi connectivity index (χ0) is 16.7. The average molecular weight is 336 g/mol. The Bertz CT molecular complexity index is 1080. The van der Waals surface area contributed by atoms with Gasteiger partial charge in [0.05, 0.1) is 34.4 Å². The Kier molecular flexibility index (Phi) is 3.51. The van der Waals surface area contributed by atoms with Gasteiger partial charge in [-0.25, -0.2) is 4.79 Å². The van der Waals surface area contributed by atoms with E-state index in [0.29, 0.717) is 10.6 Å². The molecule has 24 heavy (non-hydrogen) atoms. The lowest BCUT2D eigenvalue weighted by molar-refractivity contribution is 0.0601. The van der Waals surface area contributed by atoms with Gasteiger partial charge in [-0.1, -0.05) is 54.1 Å². The maximum atomic E-state index is 12.2. The lowest BCUT2D eigenvalue weighted by Gasteiger charge is -2.12. The molecule has 0 unspecified atom stereocenters. The molecule has 3 aromatic carbocycles. The molecule has 0 atom stereocenters. The number of aromatic nitrogens is 1. The first-order valence-electron chi connectivity index (χ1n) is 7.58. The Balaban J connectivity index is 2.20. The lowest BCUT2D eigenvalue weighted by atomic mass is 10.1. The smallest absolute Gasteiger partial charge is 0.339 e. The van der Waals surface area contributed by atoms with E-state index in [4.69, 9.17) is 16.3 Å². The van der Waals surface area contributed by atoms with Crippen molar-refractivity contribution in [3.8, 4) is 5.69 Å². The van der Waals surface area contributed by atoms with Gasteiger partial charge < -0.3 is 9.30 Å². The number of benzene rings is 3. The van der Waals surface area contributed by atoms with Crippen LogP contribution in [0, 0.1) is 0 Å². The first kappa shape index (κ1) is 14.8. The van der Waals surface area contributed by atoms with E-state index >= 15 is 0 Å². The van der Waals surface area contributed by atoms with E-state index in [-0.39, 0.29) is 5.97 Å². The maximum Gasteiger partial charge on any atom is 0.339 e. The third kappa shape index (κ3) is 2.09. The topological polar surface area (TPSA) is 31.2 Å². The Morgan fingerprint density at radius 3 is 2.46 bits per heavy atom. The summed E-state index contributed by atoms with van der Waals surface area (Å²) >= 11 is 6.51. The number of hydrogen-bond donors (Lipinski definition) is 0. The zero-order valence-corrected chi connectivity index (χ0v) is 13.7. The Hall–Kier alpha value is -2.78. The van der Waals surface area contributed by atoms with Crippen LogP contribution in [-0.2, 0) is 4.74 Å². The molecule has 3 nitrogen and oxygen atoms in total. The van der Waals surface area contributed by atoms with Gasteiger partial charge in [0.1, 0.15) is 0 Å². The van der Waals surface area contributed by atoms with E-state index in [1.807, 2.05) is 59.2 Å². The number of ether oxygens (including phenoxy) is 1. The second-order valence-electron chi connectivity index (χ2n) is 5.50. The molecular formula is C20H14ClNO2. The van der Waals surface area contributed by atoms with Gasteiger partial charge in [-0.05, 0) is 24.3 Å². The van der Waals surface area contributed by atoms with Crippen molar-refractivity contribution in [3.05, 3.63) is 77.3 Å². The van der Waals surface area contributed by atoms with Gasteiger partial charge in [0.15, 0.2) is 0 Å². The number of fused-ring (bicyclic) bond motifs is 3. The fourth-order valence-corrected chi connectivity index (χ4v) is 3.44. The van der Waals surface area contributed by atoms with E-state index in [1.165, 1.54) is 7.11 Å². The average Bonchev–Trinajstić information content (AvgIpc) is 2.97. The maximum absolute atomic E-state index is 12.2. The summed E-state index contributed by atoms with van der Waals surface area (Å²) in [4.78, 5) is 12.2. The standard InChI is InChI=1S/C20H14ClNO2/c1-24-20(23)15-8-3-5-12-18(15)22-17-11-4-2-7-13(17)14-9-6-10-16(21)19(14)22/h2-12H,1H3. The molecule has 0 fully saturated rings. The molecule has 1 aromatic heterocycles. The van der Waals surface area contributed by atoms with Crippen LogP contribution >= 0.6 is 11.6 Å². The third-order valence-corrected chi connectivity index (χ3v) is 4.50. The molecule has 0 amide bonds. The normalized spacial score (nSPS) is 11.1. The monoisotopic (exact) mass is 335 g/mol. The predicted octanol–water partition coefficient (Wildman–Crippen LogP) is 5.22. The summed E-state index contributed by atoms with van der Waals surface area (Å²) in [6, 6.07) is 21.3. The highest BCUT2D eigenvalue weighted by Gasteiger charge is 2.19. The molecule has 0 bridgehead atoms. The number of halogens is 1. The number of nitrogens with zero attached hydrogens (tertiary/aromatic N) is 1. The molecule has 0 saturated carbocycles. The molecule has 4 aromatic rings. The number of esters is 1. The lowest BCUT2D eigenvalue weighted by Crippen LogP contribution is -2.07. The zero-order valence-electron chi connectivity index (χ0n) is 13.0. The summed E-state index contributed by atoms with van der Waals surface area (Å²) in [6.45, 7) is 0. The number of hydrogen-bond acceptors (Lipinski definition) is 2. The number of para-hydroxylation sites is 3. The van der Waals surface area contributed by atoms with Crippen molar-refractivity contribution in [2.45, 2.75) is 0 Å². The minimum Gasteiger partial charge on any atom is -0.465 e. The molecule has 0 spiro atoms. The van der Waals surface area contributed by atoms with Crippen molar-refractivity contribution in [2.75, 3.05) is 7.11 Å². The van der Waals surface area contributed by atoms with Gasteiger partial charge in [0.25, 0.3) is 0 Å². The molecule has 1 heterocycles. The second-order valence-corrected chi connectivity index (χ2v) is 5.90. The van der Waals surface area contributed by atoms with Crippen molar-refractivity contribution in [1.82, 2.24) is 4.57 Å². The number of carbonyl (C=O) groups is 1. The van der Waals surface area contributed by atoms with Crippen LogP contribution in [0.1, 0.15) is 10.4 Å². The van der Waals surface area contributed by atoms with Crippen molar-refractivity contribution < 1.29 is 9.53 Å². The summed E-state index contributed by atoms with van der Waals surface area (Å²) in [5.41, 5.74) is 3.14. The molecule has 118 valence electrons. The van der Waals surface area contributed by atoms with Crippen LogP contribution in [0.4, 0.5) is 0 Å². The van der Waals surface area contributed by atoms with Crippen molar-refractivity contribution >= 4 is 39.4 Å². The molecule has 0 aliphatic carbocycles. The van der Waals surface area contributed by atoms with Crippen LogP contribution in [0.5, 0.6) is 0 Å². The molecule has 0 N–H and O–H groups in total. The van der Waals surface area contributed by atoms with E-state index in [0.717, 1.165) is 27.5 Å². The molecule has 0 saturated heterocycles. The van der Waals surface area contributed by atoms with Crippen LogP contribution in [0.25, 0.3) is 27.5 Å². The minimum absolute atomic E-state index is 0.372. The van der Waals surface area contributed by atoms with Crippen LogP contribution in [0.3, 0.4) is 0 Å². The van der Waals surface area contributed by atoms with Gasteiger partial charge in [-0.3, -0.25) is 0 Å².